The van der Waals surface area contributed by atoms with Crippen molar-refractivity contribution in [2.75, 3.05) is 0 Å². The maximum atomic E-state index is 12.2. The van der Waals surface area contributed by atoms with Gasteiger partial charge in [0.25, 0.3) is 17.5 Å². The van der Waals surface area contributed by atoms with Gasteiger partial charge in [0.2, 0.25) is 0 Å². The fraction of sp³-hybridized carbons (Fsp3) is 0.0556. The number of non-ortho nitro benzene ring substituents is 1. The minimum Gasteiger partial charge on any atom is -0.301 e. The van der Waals surface area contributed by atoms with E-state index in [1.165, 1.54) is 42.1 Å². The first-order valence-corrected chi connectivity index (χ1v) is 8.59. The highest BCUT2D eigenvalue weighted by Gasteiger charge is 2.25. The van der Waals surface area contributed by atoms with Gasteiger partial charge < -0.3 is 5.32 Å². The average molecular weight is 367 g/mol. The summed E-state index contributed by atoms with van der Waals surface area (Å²) in [7, 11) is 0. The van der Waals surface area contributed by atoms with E-state index in [-0.39, 0.29) is 16.4 Å². The summed E-state index contributed by atoms with van der Waals surface area (Å²) in [4.78, 5) is 38.4. The minimum absolute atomic E-state index is 0.0656. The Kier molecular flexibility index (Phi) is 5.23. The number of thioether (sulfide) groups is 1. The molecule has 1 heterocycles. The first-order valence-electron chi connectivity index (χ1n) is 7.60. The van der Waals surface area contributed by atoms with Crippen molar-refractivity contribution in [1.29, 1.82) is 0 Å². The van der Waals surface area contributed by atoms with Crippen LogP contribution in [0.5, 0.6) is 0 Å². The third kappa shape index (κ3) is 4.22. The lowest BCUT2D eigenvalue weighted by atomic mass is 10.1. The van der Waals surface area contributed by atoms with Gasteiger partial charge in [-0.2, -0.15) is 4.99 Å². The fourth-order valence-corrected chi connectivity index (χ4v) is 3.03. The van der Waals surface area contributed by atoms with E-state index in [1.54, 1.807) is 0 Å². The number of nitrogens with zero attached hydrogens (tertiary/aromatic N) is 2. The van der Waals surface area contributed by atoms with E-state index < -0.39 is 16.7 Å². The molecule has 0 unspecified atom stereocenters. The largest absolute Gasteiger partial charge is 0.301 e. The van der Waals surface area contributed by atoms with Crippen LogP contribution in [0.3, 0.4) is 0 Å². The molecule has 0 atom stereocenters. The van der Waals surface area contributed by atoms with Crippen LogP contribution in [0.2, 0.25) is 0 Å². The molecule has 1 aliphatic heterocycles. The van der Waals surface area contributed by atoms with Gasteiger partial charge in [-0.25, -0.2) is 0 Å². The molecular weight excluding hydrogens is 354 g/mol. The zero-order valence-corrected chi connectivity index (χ0v) is 14.2. The number of benzene rings is 2. The average Bonchev–Trinajstić information content (AvgIpc) is 2.64. The van der Waals surface area contributed by atoms with Crippen molar-refractivity contribution in [2.24, 2.45) is 4.99 Å². The molecule has 0 radical (unpaired) electrons. The Morgan fingerprint density at radius 2 is 1.77 bits per heavy atom. The van der Waals surface area contributed by atoms with Crippen molar-refractivity contribution >= 4 is 40.5 Å². The lowest BCUT2D eigenvalue weighted by Crippen LogP contribution is -2.37. The number of amides is 2. The highest BCUT2D eigenvalue weighted by Crippen LogP contribution is 2.19. The first-order chi connectivity index (χ1) is 12.5. The number of carbonyl (C=O) groups excluding carboxylic acids is 2. The predicted molar refractivity (Wildman–Crippen MR) is 99.4 cm³/mol. The Morgan fingerprint density at radius 3 is 2.38 bits per heavy atom. The predicted octanol–water partition coefficient (Wildman–Crippen LogP) is 2.92. The number of hydrogen-bond acceptors (Lipinski definition) is 5. The molecule has 26 heavy (non-hydrogen) atoms. The summed E-state index contributed by atoms with van der Waals surface area (Å²) in [6.07, 6.45) is 1.36. The number of rotatable bonds is 4. The molecule has 0 saturated carbocycles. The van der Waals surface area contributed by atoms with Gasteiger partial charge in [-0.1, -0.05) is 42.1 Å². The highest BCUT2D eigenvalue weighted by atomic mass is 32.2. The molecule has 0 aromatic heterocycles. The number of carbonyl (C=O) groups is 2. The van der Waals surface area contributed by atoms with Gasteiger partial charge in [0, 0.05) is 17.9 Å². The molecule has 0 aliphatic carbocycles. The minimum atomic E-state index is -0.636. The van der Waals surface area contributed by atoms with Crippen molar-refractivity contribution in [3.05, 3.63) is 81.4 Å². The summed E-state index contributed by atoms with van der Waals surface area (Å²) in [5.74, 6) is -0.601. The molecule has 0 fully saturated rings. The van der Waals surface area contributed by atoms with Gasteiger partial charge in [0.05, 0.1) is 4.92 Å². The van der Waals surface area contributed by atoms with Crippen LogP contribution >= 0.6 is 11.8 Å². The molecule has 0 bridgehead atoms. The lowest BCUT2D eigenvalue weighted by Gasteiger charge is -2.14. The van der Waals surface area contributed by atoms with Crippen molar-refractivity contribution in [3.8, 4) is 0 Å². The molecule has 2 aromatic carbocycles. The lowest BCUT2D eigenvalue weighted by molar-refractivity contribution is -0.384. The summed E-state index contributed by atoms with van der Waals surface area (Å²) in [5, 5.41) is 13.5. The third-order valence-electron chi connectivity index (χ3n) is 3.53. The topological polar surface area (TPSA) is 102 Å². The Morgan fingerprint density at radius 1 is 1.08 bits per heavy atom. The first kappa shape index (κ1) is 17.6. The molecular formula is C18H13N3O4S. The fourth-order valence-electron chi connectivity index (χ4n) is 2.22. The van der Waals surface area contributed by atoms with E-state index in [2.05, 4.69) is 10.3 Å². The maximum absolute atomic E-state index is 12.2. The monoisotopic (exact) mass is 367 g/mol. The van der Waals surface area contributed by atoms with Crippen molar-refractivity contribution in [3.63, 3.8) is 0 Å². The summed E-state index contributed by atoms with van der Waals surface area (Å²) in [6.45, 7) is 0. The number of hydrogen-bond donors (Lipinski definition) is 1. The number of nitro benzene ring substituents is 1. The van der Waals surface area contributed by atoms with Gasteiger partial charge in [-0.15, -0.1) is 0 Å². The van der Waals surface area contributed by atoms with Crippen LogP contribution in [0.4, 0.5) is 5.69 Å². The highest BCUT2D eigenvalue weighted by molar-refractivity contribution is 8.13. The van der Waals surface area contributed by atoms with E-state index in [4.69, 9.17) is 0 Å². The molecule has 2 aromatic rings. The van der Waals surface area contributed by atoms with Gasteiger partial charge in [0.15, 0.2) is 5.17 Å². The Labute approximate surface area is 153 Å². The maximum Gasteiger partial charge on any atom is 0.285 e. The molecule has 0 spiro atoms. The Bertz CT molecular complexity index is 921. The molecule has 0 saturated heterocycles. The number of amidine groups is 1. The molecule has 1 aliphatic rings. The number of aliphatic imine (C=N–C) groups is 1. The molecule has 3 rings (SSSR count). The number of nitrogens with one attached hydrogen (secondary N) is 1. The molecule has 8 heteroatoms. The summed E-state index contributed by atoms with van der Waals surface area (Å²) in [5.41, 5.74) is 1.38. The van der Waals surface area contributed by atoms with Crippen LogP contribution in [-0.2, 0) is 15.3 Å². The zero-order chi connectivity index (χ0) is 18.5. The van der Waals surface area contributed by atoms with Crippen LogP contribution in [0.1, 0.15) is 11.1 Å². The van der Waals surface area contributed by atoms with Gasteiger partial charge >= 0.3 is 0 Å². The van der Waals surface area contributed by atoms with Crippen molar-refractivity contribution in [2.45, 2.75) is 5.75 Å². The third-order valence-corrected chi connectivity index (χ3v) is 4.48. The Balaban J connectivity index is 1.72. The summed E-state index contributed by atoms with van der Waals surface area (Å²) >= 11 is 1.27. The normalized spacial score (nSPS) is 15.5. The number of nitro groups is 1. The van der Waals surface area contributed by atoms with E-state index in [0.29, 0.717) is 11.3 Å². The van der Waals surface area contributed by atoms with E-state index in [9.17, 15) is 19.7 Å². The van der Waals surface area contributed by atoms with Gasteiger partial charge in [0.1, 0.15) is 5.57 Å². The van der Waals surface area contributed by atoms with E-state index in [0.717, 1.165) is 5.56 Å². The smallest absolute Gasteiger partial charge is 0.285 e. The molecule has 130 valence electrons. The molecule has 7 nitrogen and oxygen atoms in total. The van der Waals surface area contributed by atoms with Crippen molar-refractivity contribution in [1.82, 2.24) is 5.32 Å². The quantitative estimate of drug-likeness (QED) is 0.387. The summed E-state index contributed by atoms with van der Waals surface area (Å²) < 4.78 is 0. The van der Waals surface area contributed by atoms with Crippen LogP contribution in [-0.4, -0.2) is 21.9 Å². The van der Waals surface area contributed by atoms with Crippen LogP contribution < -0.4 is 5.32 Å². The molecule has 1 N–H and O–H groups in total. The van der Waals surface area contributed by atoms with Crippen LogP contribution in [0.15, 0.2) is 65.2 Å². The van der Waals surface area contributed by atoms with E-state index in [1.807, 2.05) is 30.3 Å². The Hall–Kier alpha value is -3.26. The van der Waals surface area contributed by atoms with Crippen LogP contribution in [0, 0.1) is 10.1 Å². The summed E-state index contributed by atoms with van der Waals surface area (Å²) in [6, 6.07) is 15.2. The van der Waals surface area contributed by atoms with Gasteiger partial charge in [-0.05, 0) is 29.3 Å². The molecule has 2 amide bonds. The second kappa shape index (κ2) is 7.75. The standard InChI is InChI=1S/C18H13N3O4S/c22-16-15(10-12-6-8-14(9-7-12)21(24)25)17(23)20-18(19-16)26-11-13-4-2-1-3-5-13/h1-10H,11H2,(H,19,20,22,23). The zero-order valence-electron chi connectivity index (χ0n) is 13.4. The van der Waals surface area contributed by atoms with E-state index >= 15 is 0 Å². The SMILES string of the molecule is O=C1N=C(SCc2ccccc2)NC(=O)/C1=C/c1ccc([N+](=O)[O-])cc1. The second-order valence-electron chi connectivity index (χ2n) is 5.36. The van der Waals surface area contributed by atoms with Crippen LogP contribution in [0.25, 0.3) is 6.08 Å². The van der Waals surface area contributed by atoms with Gasteiger partial charge in [-0.3, -0.25) is 19.7 Å². The second-order valence-corrected chi connectivity index (χ2v) is 6.32. The van der Waals surface area contributed by atoms with Crippen molar-refractivity contribution < 1.29 is 14.5 Å².